The van der Waals surface area contributed by atoms with Gasteiger partial charge in [0.25, 0.3) is 0 Å². The zero-order chi connectivity index (χ0) is 22.4. The maximum atomic E-state index is 10.6. The number of benzene rings is 3. The van der Waals surface area contributed by atoms with E-state index in [1.165, 1.54) is 0 Å². The molecule has 166 valence electrons. The van der Waals surface area contributed by atoms with Gasteiger partial charge in [-0.05, 0) is 36.6 Å². The summed E-state index contributed by atoms with van der Waals surface area (Å²) in [6, 6.07) is 30.5. The molecule has 1 N–H and O–H groups in total. The number of hydrogen-bond donors (Lipinski definition) is 1. The van der Waals surface area contributed by atoms with Crippen molar-refractivity contribution < 1.29 is 19.3 Å². The van der Waals surface area contributed by atoms with Gasteiger partial charge >= 0.3 is 0 Å². The Morgan fingerprint density at radius 3 is 1.69 bits per heavy atom. The van der Waals surface area contributed by atoms with Crippen LogP contribution in [0.25, 0.3) is 0 Å². The Morgan fingerprint density at radius 1 is 0.781 bits per heavy atom. The van der Waals surface area contributed by atoms with Gasteiger partial charge in [0.1, 0.15) is 17.8 Å². The van der Waals surface area contributed by atoms with Crippen LogP contribution in [0.2, 0.25) is 0 Å². The summed E-state index contributed by atoms with van der Waals surface area (Å²) in [7, 11) is 0. The van der Waals surface area contributed by atoms with Crippen molar-refractivity contribution in [3.8, 4) is 0 Å². The highest BCUT2D eigenvalue weighted by molar-refractivity contribution is 5.47. The van der Waals surface area contributed by atoms with Gasteiger partial charge in [-0.3, -0.25) is 0 Å². The van der Waals surface area contributed by atoms with Crippen LogP contribution in [0.5, 0.6) is 0 Å². The predicted molar refractivity (Wildman–Crippen MR) is 125 cm³/mol. The summed E-state index contributed by atoms with van der Waals surface area (Å²) in [4.78, 5) is 0. The molecule has 3 atom stereocenters. The minimum absolute atomic E-state index is 0.0125. The average Bonchev–Trinajstić information content (AvgIpc) is 2.83. The molecular weight excluding hydrogens is 400 g/mol. The number of rotatable bonds is 8. The molecule has 0 amide bonds. The van der Waals surface area contributed by atoms with Crippen LogP contribution in [-0.2, 0) is 19.8 Å². The average molecular weight is 431 g/mol. The van der Waals surface area contributed by atoms with Crippen molar-refractivity contribution in [3.63, 3.8) is 0 Å². The molecule has 0 radical (unpaired) electrons. The third-order valence-electron chi connectivity index (χ3n) is 5.57. The lowest BCUT2D eigenvalue weighted by Gasteiger charge is -2.38. The lowest BCUT2D eigenvalue weighted by Crippen LogP contribution is -2.43. The first kappa shape index (κ1) is 22.4. The topological polar surface area (TPSA) is 47.9 Å². The fourth-order valence-corrected chi connectivity index (χ4v) is 4.09. The molecule has 4 heteroatoms. The lowest BCUT2D eigenvalue weighted by molar-refractivity contribution is -0.204. The Labute approximate surface area is 190 Å². The summed E-state index contributed by atoms with van der Waals surface area (Å²) in [5.41, 5.74) is 2.16. The third-order valence-corrected chi connectivity index (χ3v) is 5.57. The van der Waals surface area contributed by atoms with Crippen molar-refractivity contribution in [1.82, 2.24) is 0 Å². The Balaban J connectivity index is 1.73. The molecule has 0 fully saturated rings. The molecule has 0 aliphatic carbocycles. The number of hydrogen-bond acceptors (Lipinski definition) is 4. The van der Waals surface area contributed by atoms with Gasteiger partial charge in [-0.15, -0.1) is 0 Å². The molecule has 0 saturated heterocycles. The van der Waals surface area contributed by atoms with Crippen LogP contribution in [0, 0.1) is 0 Å². The van der Waals surface area contributed by atoms with E-state index in [4.69, 9.17) is 14.2 Å². The van der Waals surface area contributed by atoms with Crippen molar-refractivity contribution in [1.29, 1.82) is 0 Å². The van der Waals surface area contributed by atoms with E-state index in [-0.39, 0.29) is 12.7 Å². The van der Waals surface area contributed by atoms with E-state index in [9.17, 15) is 5.11 Å². The molecule has 1 aliphatic rings. The maximum absolute atomic E-state index is 10.6. The quantitative estimate of drug-likeness (QED) is 0.401. The van der Waals surface area contributed by atoms with Gasteiger partial charge in [-0.25, -0.2) is 0 Å². The fourth-order valence-electron chi connectivity index (χ4n) is 4.09. The molecular formula is C28H30O4. The van der Waals surface area contributed by atoms with Crippen molar-refractivity contribution in [3.05, 3.63) is 120 Å². The highest BCUT2D eigenvalue weighted by Crippen LogP contribution is 2.40. The summed E-state index contributed by atoms with van der Waals surface area (Å²) >= 11 is 0. The van der Waals surface area contributed by atoms with Gasteiger partial charge in [-0.2, -0.15) is 0 Å². The molecule has 0 aromatic heterocycles. The first-order valence-electron chi connectivity index (χ1n) is 11.1. The summed E-state index contributed by atoms with van der Waals surface area (Å²) in [5.74, 6) is 0. The number of ether oxygens (including phenoxy) is 3. The summed E-state index contributed by atoms with van der Waals surface area (Å²) in [5, 5.41) is 10.6. The van der Waals surface area contributed by atoms with Crippen molar-refractivity contribution in [2.45, 2.75) is 44.1 Å². The molecule has 32 heavy (non-hydrogen) atoms. The van der Waals surface area contributed by atoms with Crippen LogP contribution in [0.4, 0.5) is 0 Å². The highest BCUT2D eigenvalue weighted by Gasteiger charge is 2.39. The molecule has 1 aliphatic heterocycles. The van der Waals surface area contributed by atoms with E-state index in [2.05, 4.69) is 36.4 Å². The largest absolute Gasteiger partial charge is 0.386 e. The SMILES string of the molecule is CC(C)O[C@@H]1C=C[C@@H](O)[C@@H](COC(c2ccccc2)(c2ccccc2)c2ccccc2)O1. The van der Waals surface area contributed by atoms with Gasteiger partial charge in [0.15, 0.2) is 6.29 Å². The third kappa shape index (κ3) is 4.84. The Hall–Kier alpha value is -2.76. The summed E-state index contributed by atoms with van der Waals surface area (Å²) in [6.45, 7) is 4.10. The molecule has 4 rings (SSSR count). The van der Waals surface area contributed by atoms with Crippen LogP contribution in [0.1, 0.15) is 30.5 Å². The molecule has 3 aromatic rings. The number of aliphatic hydroxyl groups is 1. The Bertz CT molecular complexity index is 889. The van der Waals surface area contributed by atoms with Crippen LogP contribution < -0.4 is 0 Å². The highest BCUT2D eigenvalue weighted by atomic mass is 16.7. The monoisotopic (exact) mass is 430 g/mol. The van der Waals surface area contributed by atoms with Gasteiger partial charge < -0.3 is 19.3 Å². The van der Waals surface area contributed by atoms with Crippen LogP contribution >= 0.6 is 0 Å². The molecule has 1 heterocycles. The van der Waals surface area contributed by atoms with E-state index in [0.717, 1.165) is 16.7 Å². The smallest absolute Gasteiger partial charge is 0.177 e. The van der Waals surface area contributed by atoms with E-state index < -0.39 is 24.1 Å². The first-order valence-corrected chi connectivity index (χ1v) is 11.1. The fraction of sp³-hybridized carbons (Fsp3) is 0.286. The lowest BCUT2D eigenvalue weighted by atomic mass is 9.80. The Kier molecular flexibility index (Phi) is 7.18. The van der Waals surface area contributed by atoms with Gasteiger partial charge in [0.2, 0.25) is 0 Å². The molecule has 0 bridgehead atoms. The second-order valence-electron chi connectivity index (χ2n) is 8.19. The maximum Gasteiger partial charge on any atom is 0.177 e. The van der Waals surface area contributed by atoms with E-state index in [0.29, 0.717) is 0 Å². The second-order valence-corrected chi connectivity index (χ2v) is 8.19. The molecule has 0 saturated carbocycles. The molecule has 0 unspecified atom stereocenters. The van der Waals surface area contributed by atoms with E-state index in [1.54, 1.807) is 12.2 Å². The summed E-state index contributed by atoms with van der Waals surface area (Å²) in [6.07, 6.45) is 1.64. The van der Waals surface area contributed by atoms with E-state index in [1.807, 2.05) is 68.4 Å². The molecule has 3 aromatic carbocycles. The van der Waals surface area contributed by atoms with Crippen LogP contribution in [0.15, 0.2) is 103 Å². The van der Waals surface area contributed by atoms with Crippen molar-refractivity contribution in [2.24, 2.45) is 0 Å². The minimum atomic E-state index is -0.859. The van der Waals surface area contributed by atoms with Crippen molar-refractivity contribution in [2.75, 3.05) is 6.61 Å². The standard InChI is InChI=1S/C28H30O4/c1-21(2)31-27-19-18-25(29)26(32-27)20-30-28(22-12-6-3-7-13-22,23-14-8-4-9-15-23)24-16-10-5-11-17-24/h3-19,21,25-27,29H,20H2,1-2H3/t25-,26-,27+/m1/s1. The second kappa shape index (κ2) is 10.2. The van der Waals surface area contributed by atoms with Crippen molar-refractivity contribution >= 4 is 0 Å². The minimum Gasteiger partial charge on any atom is -0.386 e. The van der Waals surface area contributed by atoms with E-state index >= 15 is 0 Å². The molecule has 4 nitrogen and oxygen atoms in total. The van der Waals surface area contributed by atoms with Gasteiger partial charge in [-0.1, -0.05) is 97.1 Å². The predicted octanol–water partition coefficient (Wildman–Crippen LogP) is 5.06. The number of aliphatic hydroxyl groups excluding tert-OH is 1. The van der Waals surface area contributed by atoms with Crippen LogP contribution in [-0.4, -0.2) is 36.3 Å². The first-order chi connectivity index (χ1) is 15.6. The zero-order valence-electron chi connectivity index (χ0n) is 18.5. The molecule has 0 spiro atoms. The zero-order valence-corrected chi connectivity index (χ0v) is 18.5. The van der Waals surface area contributed by atoms with Gasteiger partial charge in [0, 0.05) is 0 Å². The summed E-state index contributed by atoms with van der Waals surface area (Å²) < 4.78 is 18.6. The normalized spacial score (nSPS) is 21.1. The van der Waals surface area contributed by atoms with Crippen LogP contribution in [0.3, 0.4) is 0 Å². The van der Waals surface area contributed by atoms with Gasteiger partial charge in [0.05, 0.1) is 12.7 Å². The Morgan fingerprint density at radius 2 is 1.25 bits per heavy atom.